The minimum atomic E-state index is -0.617. The molecule has 0 saturated carbocycles. The van der Waals surface area contributed by atoms with Gasteiger partial charge in [0.15, 0.2) is 6.61 Å². The molecule has 0 aliphatic rings. The minimum Gasteiger partial charge on any atom is -0.482 e. The molecule has 0 spiro atoms. The lowest BCUT2D eigenvalue weighted by Gasteiger charge is -2.28. The van der Waals surface area contributed by atoms with Crippen molar-refractivity contribution in [3.05, 3.63) is 64.7 Å². The van der Waals surface area contributed by atoms with Crippen LogP contribution in [0.3, 0.4) is 0 Å². The van der Waals surface area contributed by atoms with Gasteiger partial charge in [-0.15, -0.1) is 0 Å². The van der Waals surface area contributed by atoms with Gasteiger partial charge in [-0.05, 0) is 38.5 Å². The van der Waals surface area contributed by atoms with E-state index in [0.717, 1.165) is 11.1 Å². The summed E-state index contributed by atoms with van der Waals surface area (Å²) in [5.41, 5.74) is 2.08. The lowest BCUT2D eigenvalue weighted by molar-refractivity contribution is -0.142. The number of amides is 2. The molecule has 2 aromatic carbocycles. The molecule has 0 bridgehead atoms. The number of hydrogen-bond donors (Lipinski definition) is 1. The van der Waals surface area contributed by atoms with E-state index in [4.69, 9.17) is 16.3 Å². The topological polar surface area (TPSA) is 58.6 Å². The number of ether oxygens (including phenoxy) is 1. The lowest BCUT2D eigenvalue weighted by Crippen LogP contribution is -2.49. The van der Waals surface area contributed by atoms with Gasteiger partial charge in [0.25, 0.3) is 5.91 Å². The lowest BCUT2D eigenvalue weighted by atomic mass is 10.1. The second-order valence-corrected chi connectivity index (χ2v) is 6.70. The molecular weight excluding hydrogens is 364 g/mol. The predicted molar refractivity (Wildman–Crippen MR) is 107 cm³/mol. The van der Waals surface area contributed by atoms with Crippen LogP contribution in [0.2, 0.25) is 5.02 Å². The highest BCUT2D eigenvalue weighted by Crippen LogP contribution is 2.23. The number of para-hydroxylation sites is 1. The van der Waals surface area contributed by atoms with Crippen LogP contribution in [0, 0.1) is 6.92 Å². The summed E-state index contributed by atoms with van der Waals surface area (Å²) in [6, 6.07) is 14.2. The van der Waals surface area contributed by atoms with Crippen LogP contribution in [-0.2, 0) is 16.1 Å². The van der Waals surface area contributed by atoms with Crippen molar-refractivity contribution >= 4 is 23.4 Å². The average Bonchev–Trinajstić information content (AvgIpc) is 2.66. The van der Waals surface area contributed by atoms with Gasteiger partial charge in [-0.2, -0.15) is 0 Å². The number of carbonyl (C=O) groups is 2. The third-order valence-electron chi connectivity index (χ3n) is 4.18. The Labute approximate surface area is 165 Å². The Balaban J connectivity index is 2.14. The molecule has 5 nitrogen and oxygen atoms in total. The van der Waals surface area contributed by atoms with Gasteiger partial charge in [0.05, 0.1) is 5.02 Å². The van der Waals surface area contributed by atoms with Crippen molar-refractivity contribution in [2.75, 3.05) is 13.2 Å². The number of halogens is 1. The van der Waals surface area contributed by atoms with Gasteiger partial charge < -0.3 is 15.0 Å². The first kappa shape index (κ1) is 20.8. The van der Waals surface area contributed by atoms with Crippen molar-refractivity contribution in [2.45, 2.75) is 33.4 Å². The molecule has 144 valence electrons. The maximum absolute atomic E-state index is 12.8. The molecule has 0 unspecified atom stereocenters. The minimum absolute atomic E-state index is 0.195. The molecule has 2 aromatic rings. The summed E-state index contributed by atoms with van der Waals surface area (Å²) < 4.78 is 5.57. The summed E-state index contributed by atoms with van der Waals surface area (Å²) in [6.45, 7) is 6.19. The number of aryl methyl sites for hydroxylation is 1. The second-order valence-electron chi connectivity index (χ2n) is 6.30. The Morgan fingerprint density at radius 1 is 1.15 bits per heavy atom. The molecule has 0 aliphatic heterocycles. The molecule has 0 aliphatic carbocycles. The van der Waals surface area contributed by atoms with Crippen molar-refractivity contribution in [3.63, 3.8) is 0 Å². The molecule has 1 N–H and O–H groups in total. The number of likely N-dealkylation sites (N-methyl/N-ethyl adjacent to an activating group) is 1. The van der Waals surface area contributed by atoms with E-state index in [2.05, 4.69) is 5.32 Å². The van der Waals surface area contributed by atoms with Crippen LogP contribution in [0.25, 0.3) is 0 Å². The Morgan fingerprint density at radius 2 is 1.81 bits per heavy atom. The first-order valence-electron chi connectivity index (χ1n) is 8.92. The summed E-state index contributed by atoms with van der Waals surface area (Å²) in [6.07, 6.45) is 0. The maximum atomic E-state index is 12.8. The van der Waals surface area contributed by atoms with Gasteiger partial charge in [0.1, 0.15) is 11.8 Å². The van der Waals surface area contributed by atoms with Crippen LogP contribution in [0.1, 0.15) is 25.0 Å². The summed E-state index contributed by atoms with van der Waals surface area (Å²) in [5.74, 6) is -0.0431. The van der Waals surface area contributed by atoms with E-state index in [1.807, 2.05) is 38.1 Å². The average molecular weight is 389 g/mol. The van der Waals surface area contributed by atoms with E-state index < -0.39 is 6.04 Å². The third kappa shape index (κ3) is 6.00. The van der Waals surface area contributed by atoms with E-state index in [-0.39, 0.29) is 18.4 Å². The van der Waals surface area contributed by atoms with Gasteiger partial charge in [0.2, 0.25) is 5.91 Å². The van der Waals surface area contributed by atoms with Gasteiger partial charge >= 0.3 is 0 Å². The summed E-state index contributed by atoms with van der Waals surface area (Å²) in [7, 11) is 0. The van der Waals surface area contributed by atoms with E-state index in [9.17, 15) is 9.59 Å². The fourth-order valence-corrected chi connectivity index (χ4v) is 2.77. The molecule has 0 aromatic heterocycles. The zero-order valence-electron chi connectivity index (χ0n) is 15.9. The normalized spacial score (nSPS) is 11.6. The highest BCUT2D eigenvalue weighted by molar-refractivity contribution is 6.32. The van der Waals surface area contributed by atoms with Crippen molar-refractivity contribution < 1.29 is 14.3 Å². The summed E-state index contributed by atoms with van der Waals surface area (Å²) in [4.78, 5) is 26.6. The zero-order chi connectivity index (χ0) is 19.8. The Morgan fingerprint density at radius 3 is 2.44 bits per heavy atom. The Hall–Kier alpha value is -2.53. The smallest absolute Gasteiger partial charge is 0.261 e. The summed E-state index contributed by atoms with van der Waals surface area (Å²) in [5, 5.41) is 3.20. The van der Waals surface area contributed by atoms with Crippen molar-refractivity contribution in [1.29, 1.82) is 0 Å². The molecule has 0 radical (unpaired) electrons. The second kappa shape index (κ2) is 9.97. The van der Waals surface area contributed by atoms with Crippen molar-refractivity contribution in [2.24, 2.45) is 0 Å². The predicted octanol–water partition coefficient (Wildman–Crippen LogP) is 3.58. The summed E-state index contributed by atoms with van der Waals surface area (Å²) >= 11 is 6.07. The first-order valence-corrected chi connectivity index (χ1v) is 9.30. The molecule has 0 fully saturated rings. The van der Waals surface area contributed by atoms with Crippen LogP contribution in [0.4, 0.5) is 0 Å². The van der Waals surface area contributed by atoms with Crippen LogP contribution in [-0.4, -0.2) is 35.9 Å². The van der Waals surface area contributed by atoms with Gasteiger partial charge in [-0.1, -0.05) is 53.6 Å². The first-order chi connectivity index (χ1) is 12.9. The number of nitrogens with zero attached hydrogens (tertiary/aromatic N) is 1. The molecule has 27 heavy (non-hydrogen) atoms. The van der Waals surface area contributed by atoms with Gasteiger partial charge in [-0.25, -0.2) is 0 Å². The molecule has 0 heterocycles. The number of hydrogen-bond acceptors (Lipinski definition) is 3. The number of benzene rings is 2. The van der Waals surface area contributed by atoms with E-state index in [1.54, 1.807) is 31.2 Å². The fraction of sp³-hybridized carbons (Fsp3) is 0.333. The molecule has 6 heteroatoms. The fourth-order valence-electron chi connectivity index (χ4n) is 2.58. The SMILES string of the molecule is CCNC(=O)[C@H](C)N(Cc1ccc(C)cc1)C(=O)COc1ccccc1Cl. The van der Waals surface area contributed by atoms with E-state index in [0.29, 0.717) is 23.9 Å². The molecule has 2 rings (SSSR count). The largest absolute Gasteiger partial charge is 0.482 e. The monoisotopic (exact) mass is 388 g/mol. The third-order valence-corrected chi connectivity index (χ3v) is 4.49. The molecular formula is C21H25ClN2O3. The number of rotatable bonds is 8. The molecule has 2 amide bonds. The van der Waals surface area contributed by atoms with Crippen LogP contribution < -0.4 is 10.1 Å². The Bertz CT molecular complexity index is 777. The van der Waals surface area contributed by atoms with Crippen molar-refractivity contribution in [3.8, 4) is 5.75 Å². The van der Waals surface area contributed by atoms with Crippen molar-refractivity contribution in [1.82, 2.24) is 10.2 Å². The number of carbonyl (C=O) groups excluding carboxylic acids is 2. The van der Waals surface area contributed by atoms with E-state index in [1.165, 1.54) is 4.90 Å². The van der Waals surface area contributed by atoms with Crippen LogP contribution in [0.5, 0.6) is 5.75 Å². The van der Waals surface area contributed by atoms with Crippen LogP contribution in [0.15, 0.2) is 48.5 Å². The van der Waals surface area contributed by atoms with Crippen LogP contribution >= 0.6 is 11.6 Å². The Kier molecular flexibility index (Phi) is 7.67. The highest BCUT2D eigenvalue weighted by atomic mass is 35.5. The van der Waals surface area contributed by atoms with Gasteiger partial charge in [-0.3, -0.25) is 9.59 Å². The van der Waals surface area contributed by atoms with E-state index >= 15 is 0 Å². The van der Waals surface area contributed by atoms with Gasteiger partial charge in [0, 0.05) is 13.1 Å². The highest BCUT2D eigenvalue weighted by Gasteiger charge is 2.26. The maximum Gasteiger partial charge on any atom is 0.261 e. The molecule has 0 saturated heterocycles. The quantitative estimate of drug-likeness (QED) is 0.751. The molecule has 1 atom stereocenters. The number of nitrogens with one attached hydrogen (secondary N) is 1. The zero-order valence-corrected chi connectivity index (χ0v) is 16.6. The standard InChI is InChI=1S/C21H25ClN2O3/c1-4-23-21(26)16(3)24(13-17-11-9-15(2)10-12-17)20(25)14-27-19-8-6-5-7-18(19)22/h5-12,16H,4,13-14H2,1-3H3,(H,23,26)/t16-/m0/s1.